The Labute approximate surface area is 111 Å². The molecular formula is C14H16N2O3. The van der Waals surface area contributed by atoms with E-state index in [1.54, 1.807) is 18.3 Å². The molecule has 1 aromatic carbocycles. The van der Waals surface area contributed by atoms with E-state index in [1.807, 2.05) is 24.3 Å². The lowest BCUT2D eigenvalue weighted by Crippen LogP contribution is -2.22. The molecule has 0 radical (unpaired) electrons. The van der Waals surface area contributed by atoms with Crippen molar-refractivity contribution in [3.63, 3.8) is 0 Å². The summed E-state index contributed by atoms with van der Waals surface area (Å²) in [5.74, 6) is 0.138. The van der Waals surface area contributed by atoms with Gasteiger partial charge in [0.15, 0.2) is 0 Å². The lowest BCUT2D eigenvalue weighted by atomic mass is 10.1. The summed E-state index contributed by atoms with van der Waals surface area (Å²) >= 11 is 0. The van der Waals surface area contributed by atoms with Gasteiger partial charge in [-0.25, -0.2) is 0 Å². The van der Waals surface area contributed by atoms with E-state index in [2.05, 4.69) is 10.3 Å². The molecule has 19 heavy (non-hydrogen) atoms. The number of aliphatic hydroxyl groups is 2. The maximum absolute atomic E-state index is 9.70. The fourth-order valence-electron chi connectivity index (χ4n) is 1.67. The van der Waals surface area contributed by atoms with E-state index in [9.17, 15) is 10.2 Å². The minimum atomic E-state index is -0.778. The molecule has 0 aliphatic heterocycles. The summed E-state index contributed by atoms with van der Waals surface area (Å²) in [6, 6.07) is 10.6. The van der Waals surface area contributed by atoms with Gasteiger partial charge in [0.1, 0.15) is 11.4 Å². The minimum absolute atomic E-state index is 0.138. The summed E-state index contributed by atoms with van der Waals surface area (Å²) in [7, 11) is 0. The van der Waals surface area contributed by atoms with Crippen LogP contribution in [0.4, 0.5) is 5.69 Å². The predicted molar refractivity (Wildman–Crippen MR) is 72.9 cm³/mol. The highest BCUT2D eigenvalue weighted by Crippen LogP contribution is 2.26. The Morgan fingerprint density at radius 3 is 2.53 bits per heavy atom. The molecule has 0 amide bonds. The van der Waals surface area contributed by atoms with Crippen LogP contribution in [0.15, 0.2) is 42.6 Å². The van der Waals surface area contributed by atoms with Crippen molar-refractivity contribution in [1.29, 1.82) is 0 Å². The van der Waals surface area contributed by atoms with E-state index in [1.165, 1.54) is 0 Å². The van der Waals surface area contributed by atoms with Gasteiger partial charge >= 0.3 is 0 Å². The van der Waals surface area contributed by atoms with Gasteiger partial charge in [-0.05, 0) is 24.3 Å². The van der Waals surface area contributed by atoms with E-state index in [-0.39, 0.29) is 18.9 Å². The number of aromatic nitrogens is 1. The van der Waals surface area contributed by atoms with Crippen LogP contribution in [0.1, 0.15) is 0 Å². The molecule has 0 saturated carbocycles. The molecule has 0 aliphatic rings. The normalized spacial score (nSPS) is 12.1. The first-order valence-corrected chi connectivity index (χ1v) is 5.98. The molecular weight excluding hydrogens is 244 g/mol. The summed E-state index contributed by atoms with van der Waals surface area (Å²) in [5, 5.41) is 30.6. The molecule has 1 atom stereocenters. The maximum atomic E-state index is 9.70. The van der Waals surface area contributed by atoms with Crippen LogP contribution < -0.4 is 5.32 Å². The number of aliphatic hydroxyl groups excluding tert-OH is 2. The van der Waals surface area contributed by atoms with Crippen LogP contribution in [0, 0.1) is 0 Å². The van der Waals surface area contributed by atoms with Gasteiger partial charge in [0.05, 0.1) is 12.7 Å². The maximum Gasteiger partial charge on any atom is 0.141 e. The number of pyridine rings is 1. The Balaban J connectivity index is 2.09. The highest BCUT2D eigenvalue weighted by molar-refractivity contribution is 5.67. The largest absolute Gasteiger partial charge is 0.506 e. The van der Waals surface area contributed by atoms with Crippen molar-refractivity contribution < 1.29 is 15.3 Å². The molecule has 100 valence electrons. The van der Waals surface area contributed by atoms with Crippen LogP contribution in [-0.4, -0.2) is 39.6 Å². The molecule has 4 N–H and O–H groups in total. The van der Waals surface area contributed by atoms with Gasteiger partial charge in [-0.1, -0.05) is 12.1 Å². The van der Waals surface area contributed by atoms with Crippen LogP contribution >= 0.6 is 0 Å². The van der Waals surface area contributed by atoms with Crippen molar-refractivity contribution in [2.24, 2.45) is 0 Å². The van der Waals surface area contributed by atoms with Crippen molar-refractivity contribution in [3.8, 4) is 17.0 Å². The lowest BCUT2D eigenvalue weighted by molar-refractivity contribution is 0.105. The van der Waals surface area contributed by atoms with Crippen molar-refractivity contribution in [1.82, 2.24) is 4.98 Å². The van der Waals surface area contributed by atoms with Gasteiger partial charge in [-0.2, -0.15) is 0 Å². The lowest BCUT2D eigenvalue weighted by Gasteiger charge is -2.10. The SMILES string of the molecule is OCC(O)CNc1ccc(-c2ncccc2O)cc1. The smallest absolute Gasteiger partial charge is 0.141 e. The minimum Gasteiger partial charge on any atom is -0.506 e. The summed E-state index contributed by atoms with van der Waals surface area (Å²) < 4.78 is 0. The first-order chi connectivity index (χ1) is 9.20. The van der Waals surface area contributed by atoms with Crippen molar-refractivity contribution in [3.05, 3.63) is 42.6 Å². The van der Waals surface area contributed by atoms with Crippen LogP contribution in [0.2, 0.25) is 0 Å². The monoisotopic (exact) mass is 260 g/mol. The topological polar surface area (TPSA) is 85.6 Å². The highest BCUT2D eigenvalue weighted by atomic mass is 16.3. The molecule has 0 fully saturated rings. The second-order valence-corrected chi connectivity index (χ2v) is 4.17. The molecule has 1 heterocycles. The zero-order chi connectivity index (χ0) is 13.7. The standard InChI is InChI=1S/C14H16N2O3/c17-9-12(18)8-16-11-5-3-10(4-6-11)14-13(19)2-1-7-15-14/h1-7,12,16-19H,8-9H2. The third kappa shape index (κ3) is 3.43. The second-order valence-electron chi connectivity index (χ2n) is 4.17. The first-order valence-electron chi connectivity index (χ1n) is 5.98. The molecule has 0 bridgehead atoms. The molecule has 5 nitrogen and oxygen atoms in total. The van der Waals surface area contributed by atoms with Gasteiger partial charge in [0.2, 0.25) is 0 Å². The average molecular weight is 260 g/mol. The van der Waals surface area contributed by atoms with Crippen LogP contribution in [0.25, 0.3) is 11.3 Å². The summed E-state index contributed by atoms with van der Waals surface area (Å²) in [6.45, 7) is 0.0115. The van der Waals surface area contributed by atoms with Crippen LogP contribution in [-0.2, 0) is 0 Å². The number of benzene rings is 1. The average Bonchev–Trinajstić information content (AvgIpc) is 2.46. The van der Waals surface area contributed by atoms with Crippen LogP contribution in [0.5, 0.6) is 5.75 Å². The molecule has 2 rings (SSSR count). The number of nitrogens with one attached hydrogen (secondary N) is 1. The number of nitrogens with zero attached hydrogens (tertiary/aromatic N) is 1. The number of rotatable bonds is 5. The number of aromatic hydroxyl groups is 1. The summed E-state index contributed by atoms with van der Waals surface area (Å²) in [5.41, 5.74) is 2.17. The Morgan fingerprint density at radius 1 is 1.16 bits per heavy atom. The number of hydrogen-bond acceptors (Lipinski definition) is 5. The molecule has 0 saturated heterocycles. The van der Waals surface area contributed by atoms with E-state index < -0.39 is 6.10 Å². The van der Waals surface area contributed by atoms with Crippen molar-refractivity contribution in [2.75, 3.05) is 18.5 Å². The Bertz CT molecular complexity index is 528. The predicted octanol–water partition coefficient (Wildman–Crippen LogP) is 1.22. The zero-order valence-electron chi connectivity index (χ0n) is 10.3. The molecule has 1 aromatic heterocycles. The van der Waals surface area contributed by atoms with Gasteiger partial charge in [0, 0.05) is 24.0 Å². The van der Waals surface area contributed by atoms with Gasteiger partial charge in [0.25, 0.3) is 0 Å². The third-order valence-electron chi connectivity index (χ3n) is 2.70. The Morgan fingerprint density at radius 2 is 1.89 bits per heavy atom. The van der Waals surface area contributed by atoms with Crippen LogP contribution in [0.3, 0.4) is 0 Å². The number of hydrogen-bond donors (Lipinski definition) is 4. The summed E-state index contributed by atoms with van der Waals surface area (Å²) in [4.78, 5) is 4.12. The molecule has 1 unspecified atom stereocenters. The Hall–Kier alpha value is -2.11. The Kier molecular flexibility index (Phi) is 4.33. The molecule has 2 aromatic rings. The fraction of sp³-hybridized carbons (Fsp3) is 0.214. The highest BCUT2D eigenvalue weighted by Gasteiger charge is 2.05. The molecule has 0 spiro atoms. The van der Waals surface area contributed by atoms with E-state index in [0.717, 1.165) is 11.3 Å². The van der Waals surface area contributed by atoms with Crippen molar-refractivity contribution >= 4 is 5.69 Å². The van der Waals surface area contributed by atoms with E-state index in [0.29, 0.717) is 5.69 Å². The van der Waals surface area contributed by atoms with Crippen molar-refractivity contribution in [2.45, 2.75) is 6.10 Å². The van der Waals surface area contributed by atoms with Gasteiger partial charge in [-0.3, -0.25) is 4.98 Å². The van der Waals surface area contributed by atoms with E-state index in [4.69, 9.17) is 5.11 Å². The molecule has 0 aliphatic carbocycles. The van der Waals surface area contributed by atoms with E-state index >= 15 is 0 Å². The van der Waals surface area contributed by atoms with Gasteiger partial charge < -0.3 is 20.6 Å². The second kappa shape index (κ2) is 6.17. The first kappa shape index (κ1) is 13.3. The zero-order valence-corrected chi connectivity index (χ0v) is 10.3. The quantitative estimate of drug-likeness (QED) is 0.649. The summed E-state index contributed by atoms with van der Waals surface area (Å²) in [6.07, 6.45) is 0.846. The molecule has 5 heteroatoms. The number of anilines is 1. The van der Waals surface area contributed by atoms with Gasteiger partial charge in [-0.15, -0.1) is 0 Å². The third-order valence-corrected chi connectivity index (χ3v) is 2.70. The fourth-order valence-corrected chi connectivity index (χ4v) is 1.67.